The van der Waals surface area contributed by atoms with Crippen LogP contribution >= 0.6 is 0 Å². The number of furan rings is 1. The van der Waals surface area contributed by atoms with Crippen LogP contribution in [0.25, 0.3) is 11.5 Å². The van der Waals surface area contributed by atoms with Crippen LogP contribution in [0.5, 0.6) is 0 Å². The van der Waals surface area contributed by atoms with Crippen LogP contribution in [0.15, 0.2) is 59.2 Å². The van der Waals surface area contributed by atoms with Crippen LogP contribution in [0.4, 0.5) is 10.1 Å². The van der Waals surface area contributed by atoms with E-state index in [1.54, 1.807) is 36.0 Å². The maximum absolute atomic E-state index is 13.6. The first-order valence-corrected chi connectivity index (χ1v) is 10.7. The Balaban J connectivity index is 1.71. The number of anilines is 1. The van der Waals surface area contributed by atoms with E-state index >= 15 is 0 Å². The van der Waals surface area contributed by atoms with Crippen molar-refractivity contribution in [3.05, 3.63) is 66.3 Å². The molecule has 1 aliphatic rings. The summed E-state index contributed by atoms with van der Waals surface area (Å²) in [4.78, 5) is 28.5. The van der Waals surface area contributed by atoms with Crippen LogP contribution in [0.2, 0.25) is 0 Å². The molecule has 8 heteroatoms. The van der Waals surface area contributed by atoms with Gasteiger partial charge >= 0.3 is 0 Å². The molecule has 0 saturated heterocycles. The number of ether oxygens (including phenoxy) is 1. The van der Waals surface area contributed by atoms with E-state index in [1.165, 1.54) is 29.2 Å². The normalized spacial score (nSPS) is 18.0. The Bertz CT molecular complexity index is 1090. The highest BCUT2D eigenvalue weighted by Crippen LogP contribution is 2.36. The van der Waals surface area contributed by atoms with Gasteiger partial charge in [-0.15, -0.1) is 0 Å². The SMILES string of the molecule is CCOCCCNC(=O)[C@@]1(C)Cn2c(ccc2-c2ccco2)C(=O)N1c1ccc(F)cc1. The van der Waals surface area contributed by atoms with Gasteiger partial charge in [-0.2, -0.15) is 0 Å². The van der Waals surface area contributed by atoms with E-state index in [9.17, 15) is 14.0 Å². The number of nitrogens with zero attached hydrogens (tertiary/aromatic N) is 2. The first-order chi connectivity index (χ1) is 15.5. The summed E-state index contributed by atoms with van der Waals surface area (Å²) in [5.74, 6) is -0.438. The van der Waals surface area contributed by atoms with Gasteiger partial charge in [0.25, 0.3) is 5.91 Å². The number of hydrogen-bond donors (Lipinski definition) is 1. The number of fused-ring (bicyclic) bond motifs is 1. The summed E-state index contributed by atoms with van der Waals surface area (Å²) < 4.78 is 26.2. The third-order valence-electron chi connectivity index (χ3n) is 5.67. The number of benzene rings is 1. The highest BCUT2D eigenvalue weighted by Gasteiger charge is 2.48. The Kier molecular flexibility index (Phi) is 6.14. The van der Waals surface area contributed by atoms with Gasteiger partial charge < -0.3 is 19.0 Å². The summed E-state index contributed by atoms with van der Waals surface area (Å²) in [5, 5.41) is 2.94. The number of amides is 2. The van der Waals surface area contributed by atoms with E-state index in [-0.39, 0.29) is 18.4 Å². The maximum Gasteiger partial charge on any atom is 0.275 e. The van der Waals surface area contributed by atoms with Gasteiger partial charge in [0.05, 0.1) is 18.5 Å². The maximum atomic E-state index is 13.6. The second kappa shape index (κ2) is 9.00. The van der Waals surface area contributed by atoms with Crippen LogP contribution in [-0.2, 0) is 16.1 Å². The third kappa shape index (κ3) is 3.93. The van der Waals surface area contributed by atoms with Crippen LogP contribution < -0.4 is 10.2 Å². The van der Waals surface area contributed by atoms with E-state index < -0.39 is 11.4 Å². The summed E-state index contributed by atoms with van der Waals surface area (Å²) in [5.41, 5.74) is 0.360. The van der Waals surface area contributed by atoms with Crippen molar-refractivity contribution in [3.8, 4) is 11.5 Å². The summed E-state index contributed by atoms with van der Waals surface area (Å²) in [6.45, 7) is 5.43. The highest BCUT2D eigenvalue weighted by molar-refractivity contribution is 6.12. The zero-order chi connectivity index (χ0) is 22.7. The molecule has 0 aliphatic carbocycles. The van der Waals surface area contributed by atoms with E-state index in [2.05, 4.69) is 5.32 Å². The fourth-order valence-electron chi connectivity index (χ4n) is 4.06. The molecule has 2 aromatic heterocycles. The molecule has 3 heterocycles. The fourth-order valence-corrected chi connectivity index (χ4v) is 4.06. The minimum absolute atomic E-state index is 0.214. The molecule has 168 valence electrons. The van der Waals surface area contributed by atoms with Crippen molar-refractivity contribution in [2.45, 2.75) is 32.4 Å². The average molecular weight is 439 g/mol. The van der Waals surface area contributed by atoms with E-state index in [0.29, 0.717) is 49.0 Å². The van der Waals surface area contributed by atoms with E-state index in [4.69, 9.17) is 9.15 Å². The Labute approximate surface area is 185 Å². The second-order valence-electron chi connectivity index (χ2n) is 7.86. The van der Waals surface area contributed by atoms with Crippen LogP contribution in [-0.4, -0.2) is 41.7 Å². The van der Waals surface area contributed by atoms with Gasteiger partial charge in [-0.1, -0.05) is 0 Å². The number of hydrogen-bond acceptors (Lipinski definition) is 4. The molecule has 0 fully saturated rings. The van der Waals surface area contributed by atoms with Crippen LogP contribution in [0.3, 0.4) is 0 Å². The molecule has 1 atom stereocenters. The van der Waals surface area contributed by atoms with Gasteiger partial charge in [0.2, 0.25) is 5.91 Å². The zero-order valence-electron chi connectivity index (χ0n) is 18.1. The first-order valence-electron chi connectivity index (χ1n) is 10.7. The lowest BCUT2D eigenvalue weighted by Gasteiger charge is -2.44. The molecule has 1 aliphatic heterocycles. The smallest absolute Gasteiger partial charge is 0.275 e. The van der Waals surface area contributed by atoms with Gasteiger partial charge in [-0.05, 0) is 68.8 Å². The van der Waals surface area contributed by atoms with Gasteiger partial charge in [0.15, 0.2) is 0 Å². The summed E-state index contributed by atoms with van der Waals surface area (Å²) in [7, 11) is 0. The van der Waals surface area contributed by atoms with E-state index in [0.717, 1.165) is 0 Å². The van der Waals surface area contributed by atoms with Crippen molar-refractivity contribution in [1.29, 1.82) is 0 Å². The Morgan fingerprint density at radius 2 is 1.94 bits per heavy atom. The van der Waals surface area contributed by atoms with E-state index in [1.807, 2.05) is 13.0 Å². The van der Waals surface area contributed by atoms with Crippen molar-refractivity contribution in [1.82, 2.24) is 9.88 Å². The van der Waals surface area contributed by atoms with Crippen molar-refractivity contribution in [2.75, 3.05) is 24.7 Å². The Morgan fingerprint density at radius 3 is 2.62 bits per heavy atom. The number of carbonyl (C=O) groups is 2. The molecule has 0 radical (unpaired) electrons. The number of aromatic nitrogens is 1. The molecule has 0 spiro atoms. The lowest BCUT2D eigenvalue weighted by atomic mass is 9.93. The first kappa shape index (κ1) is 21.8. The standard InChI is InChI=1S/C24H26FN3O4/c1-3-31-14-5-13-26-23(30)24(2)16-27-19(21-6-4-15-32-21)11-12-20(27)22(29)28(24)18-9-7-17(25)8-10-18/h4,6-12,15H,3,5,13-14,16H2,1-2H3,(H,26,30)/t24-/m1/s1. The monoisotopic (exact) mass is 439 g/mol. The predicted molar refractivity (Wildman–Crippen MR) is 118 cm³/mol. The Hall–Kier alpha value is -3.39. The van der Waals surface area contributed by atoms with Crippen LogP contribution in [0.1, 0.15) is 30.8 Å². The number of carbonyl (C=O) groups excluding carboxylic acids is 2. The fraction of sp³-hybridized carbons (Fsp3) is 0.333. The summed E-state index contributed by atoms with van der Waals surface area (Å²) in [6, 6.07) is 12.7. The van der Waals surface area contributed by atoms with Gasteiger partial charge in [-0.3, -0.25) is 14.5 Å². The van der Waals surface area contributed by atoms with Gasteiger partial charge in [0, 0.05) is 25.4 Å². The molecule has 1 aromatic carbocycles. The topological polar surface area (TPSA) is 76.7 Å². The predicted octanol–water partition coefficient (Wildman–Crippen LogP) is 3.85. The van der Waals surface area contributed by atoms with Crippen molar-refractivity contribution < 1.29 is 23.1 Å². The molecule has 1 N–H and O–H groups in total. The molecule has 32 heavy (non-hydrogen) atoms. The molecule has 2 amide bonds. The minimum atomic E-state index is -1.24. The highest BCUT2D eigenvalue weighted by atomic mass is 19.1. The quantitative estimate of drug-likeness (QED) is 0.541. The number of rotatable bonds is 8. The van der Waals surface area contributed by atoms with Crippen molar-refractivity contribution in [3.63, 3.8) is 0 Å². The minimum Gasteiger partial charge on any atom is -0.463 e. The summed E-state index contributed by atoms with van der Waals surface area (Å²) >= 11 is 0. The average Bonchev–Trinajstić information content (AvgIpc) is 3.44. The Morgan fingerprint density at radius 1 is 1.19 bits per heavy atom. The lowest BCUT2D eigenvalue weighted by molar-refractivity contribution is -0.126. The molecular weight excluding hydrogens is 413 g/mol. The van der Waals surface area contributed by atoms with Crippen LogP contribution in [0, 0.1) is 5.82 Å². The largest absolute Gasteiger partial charge is 0.463 e. The van der Waals surface area contributed by atoms with Gasteiger partial charge in [-0.25, -0.2) is 4.39 Å². The third-order valence-corrected chi connectivity index (χ3v) is 5.67. The molecule has 4 rings (SSSR count). The van der Waals surface area contributed by atoms with Gasteiger partial charge in [0.1, 0.15) is 22.8 Å². The lowest BCUT2D eigenvalue weighted by Crippen LogP contribution is -2.64. The summed E-state index contributed by atoms with van der Waals surface area (Å²) in [6.07, 6.45) is 2.22. The van der Waals surface area contributed by atoms with Crippen molar-refractivity contribution >= 4 is 17.5 Å². The second-order valence-corrected chi connectivity index (χ2v) is 7.86. The zero-order valence-corrected chi connectivity index (χ0v) is 18.1. The molecule has 3 aromatic rings. The molecule has 7 nitrogen and oxygen atoms in total. The molecule has 0 unspecified atom stereocenters. The number of nitrogens with one attached hydrogen (secondary N) is 1. The molecular formula is C24H26FN3O4. The molecule has 0 saturated carbocycles. The molecule has 0 bridgehead atoms. The number of halogens is 1. The van der Waals surface area contributed by atoms with Crippen molar-refractivity contribution in [2.24, 2.45) is 0 Å².